The van der Waals surface area contributed by atoms with Gasteiger partial charge in [0.25, 0.3) is 0 Å². The van der Waals surface area contributed by atoms with Crippen LogP contribution in [0, 0.1) is 12.8 Å². The molecule has 0 spiro atoms. The number of benzene rings is 1. The Morgan fingerprint density at radius 2 is 1.93 bits per heavy atom. The molecule has 1 N–H and O–H groups in total. The number of hydrogen-bond donors (Lipinski definition) is 1. The van der Waals surface area contributed by atoms with Gasteiger partial charge in [-0.3, -0.25) is 9.69 Å². The molecule has 146 valence electrons. The molecular formula is C22H31N3O2. The van der Waals surface area contributed by atoms with Crippen LogP contribution in [0.3, 0.4) is 0 Å². The third-order valence-corrected chi connectivity index (χ3v) is 5.26. The summed E-state index contributed by atoms with van der Waals surface area (Å²) in [6.45, 7) is 10.8. The number of aromatic nitrogens is 1. The van der Waals surface area contributed by atoms with Crippen LogP contribution in [0.1, 0.15) is 50.6 Å². The predicted molar refractivity (Wildman–Crippen MR) is 107 cm³/mol. The number of amides is 1. The van der Waals surface area contributed by atoms with Crippen LogP contribution in [0.2, 0.25) is 0 Å². The third kappa shape index (κ3) is 4.98. The molecule has 1 aliphatic rings. The highest BCUT2D eigenvalue weighted by Crippen LogP contribution is 2.25. The Balaban J connectivity index is 1.59. The number of oxazole rings is 1. The second-order valence-corrected chi connectivity index (χ2v) is 7.79. The molecule has 0 bridgehead atoms. The van der Waals surface area contributed by atoms with E-state index >= 15 is 0 Å². The summed E-state index contributed by atoms with van der Waals surface area (Å²) < 4.78 is 5.92. The first-order valence-electron chi connectivity index (χ1n) is 10.0. The van der Waals surface area contributed by atoms with Gasteiger partial charge in [-0.1, -0.05) is 19.1 Å². The maximum absolute atomic E-state index is 12.2. The molecule has 3 rings (SSSR count). The van der Waals surface area contributed by atoms with E-state index in [2.05, 4.69) is 41.4 Å². The smallest absolute Gasteiger partial charge is 0.226 e. The minimum absolute atomic E-state index is 0.134. The monoisotopic (exact) mass is 369 g/mol. The van der Waals surface area contributed by atoms with Gasteiger partial charge in [0, 0.05) is 24.1 Å². The number of carbonyl (C=O) groups is 1. The lowest BCUT2D eigenvalue weighted by atomic mass is 9.95. The lowest BCUT2D eigenvalue weighted by Gasteiger charge is -2.31. The van der Waals surface area contributed by atoms with Crippen molar-refractivity contribution in [1.29, 1.82) is 0 Å². The molecule has 1 fully saturated rings. The molecule has 1 aromatic heterocycles. The van der Waals surface area contributed by atoms with E-state index in [1.807, 2.05) is 20.8 Å². The summed E-state index contributed by atoms with van der Waals surface area (Å²) in [4.78, 5) is 19.3. The third-order valence-electron chi connectivity index (χ3n) is 5.26. The second-order valence-electron chi connectivity index (χ2n) is 7.79. The lowest BCUT2D eigenvalue weighted by Crippen LogP contribution is -2.42. The van der Waals surface area contributed by atoms with Crippen molar-refractivity contribution in [2.24, 2.45) is 5.92 Å². The summed E-state index contributed by atoms with van der Waals surface area (Å²) in [5.74, 6) is 1.90. The van der Waals surface area contributed by atoms with Gasteiger partial charge in [0.1, 0.15) is 5.76 Å². The van der Waals surface area contributed by atoms with E-state index in [-0.39, 0.29) is 17.9 Å². The highest BCUT2D eigenvalue weighted by molar-refractivity contribution is 5.79. The van der Waals surface area contributed by atoms with Crippen molar-refractivity contribution in [1.82, 2.24) is 15.2 Å². The minimum Gasteiger partial charge on any atom is -0.441 e. The minimum atomic E-state index is 0.134. The zero-order chi connectivity index (χ0) is 19.4. The molecule has 0 radical (unpaired) electrons. The molecule has 1 aromatic carbocycles. The van der Waals surface area contributed by atoms with E-state index in [0.717, 1.165) is 55.9 Å². The van der Waals surface area contributed by atoms with Crippen LogP contribution in [0.15, 0.2) is 28.7 Å². The van der Waals surface area contributed by atoms with Gasteiger partial charge in [0.2, 0.25) is 11.8 Å². The van der Waals surface area contributed by atoms with Crippen molar-refractivity contribution in [2.75, 3.05) is 13.1 Å². The lowest BCUT2D eigenvalue weighted by molar-refractivity contribution is -0.127. The number of nitrogens with one attached hydrogen (secondary N) is 1. The van der Waals surface area contributed by atoms with Gasteiger partial charge in [0.15, 0.2) is 0 Å². The zero-order valence-electron chi connectivity index (χ0n) is 16.9. The van der Waals surface area contributed by atoms with Crippen LogP contribution in [0.5, 0.6) is 0 Å². The summed E-state index contributed by atoms with van der Waals surface area (Å²) >= 11 is 0. The summed E-state index contributed by atoms with van der Waals surface area (Å²) in [5, 5.41) is 3.03. The van der Waals surface area contributed by atoms with E-state index in [1.165, 1.54) is 5.56 Å². The van der Waals surface area contributed by atoms with Crippen LogP contribution >= 0.6 is 0 Å². The van der Waals surface area contributed by atoms with Crippen LogP contribution in [-0.4, -0.2) is 34.9 Å². The van der Waals surface area contributed by atoms with Crippen LogP contribution in [0.25, 0.3) is 11.5 Å². The molecule has 1 amide bonds. The fourth-order valence-corrected chi connectivity index (χ4v) is 3.55. The van der Waals surface area contributed by atoms with E-state index in [1.54, 1.807) is 0 Å². The number of likely N-dealkylation sites (tertiary alicyclic amines) is 1. The van der Waals surface area contributed by atoms with Crippen LogP contribution in [0.4, 0.5) is 0 Å². The predicted octanol–water partition coefficient (Wildman–Crippen LogP) is 3.95. The summed E-state index contributed by atoms with van der Waals surface area (Å²) in [6.07, 6.45) is 2.84. The standard InChI is InChI=1S/C22H31N3O2/c1-5-17-6-8-19(9-7-17)22-24-20(16(4)27-22)14-25-12-10-18(11-13-25)21(26)23-15(2)3/h6-9,15,18H,5,10-14H2,1-4H3,(H,23,26). The van der Waals surface area contributed by atoms with Crippen molar-refractivity contribution in [2.45, 2.75) is 59.5 Å². The van der Waals surface area contributed by atoms with E-state index < -0.39 is 0 Å². The van der Waals surface area contributed by atoms with Gasteiger partial charge in [-0.2, -0.15) is 0 Å². The molecule has 2 heterocycles. The first-order chi connectivity index (χ1) is 13.0. The normalized spacial score (nSPS) is 16.0. The van der Waals surface area contributed by atoms with Gasteiger partial charge < -0.3 is 9.73 Å². The quantitative estimate of drug-likeness (QED) is 0.838. The molecule has 5 nitrogen and oxygen atoms in total. The molecule has 0 aliphatic carbocycles. The maximum atomic E-state index is 12.2. The van der Waals surface area contributed by atoms with E-state index in [4.69, 9.17) is 9.40 Å². The Bertz CT molecular complexity index is 756. The Kier molecular flexibility index (Phi) is 6.32. The van der Waals surface area contributed by atoms with Gasteiger partial charge in [-0.15, -0.1) is 0 Å². The van der Waals surface area contributed by atoms with Crippen molar-refractivity contribution in [3.05, 3.63) is 41.3 Å². The first-order valence-corrected chi connectivity index (χ1v) is 10.0. The average molecular weight is 370 g/mol. The average Bonchev–Trinajstić information content (AvgIpc) is 3.02. The summed E-state index contributed by atoms with van der Waals surface area (Å²) in [5.41, 5.74) is 3.33. The second kappa shape index (κ2) is 8.70. The number of hydrogen-bond acceptors (Lipinski definition) is 4. The van der Waals surface area contributed by atoms with Gasteiger partial charge in [0.05, 0.1) is 5.69 Å². The SMILES string of the molecule is CCc1ccc(-c2nc(CN3CCC(C(=O)NC(C)C)CC3)c(C)o2)cc1. The maximum Gasteiger partial charge on any atom is 0.226 e. The largest absolute Gasteiger partial charge is 0.441 e. The van der Waals surface area contributed by atoms with Crippen molar-refractivity contribution >= 4 is 5.91 Å². The Labute approximate surface area is 162 Å². The molecule has 0 atom stereocenters. The van der Waals surface area contributed by atoms with Crippen molar-refractivity contribution < 1.29 is 9.21 Å². The van der Waals surface area contributed by atoms with Crippen LogP contribution < -0.4 is 5.32 Å². The van der Waals surface area contributed by atoms with E-state index in [9.17, 15) is 4.79 Å². The topological polar surface area (TPSA) is 58.4 Å². The van der Waals surface area contributed by atoms with Gasteiger partial charge in [-0.25, -0.2) is 4.98 Å². The zero-order valence-corrected chi connectivity index (χ0v) is 16.9. The highest BCUT2D eigenvalue weighted by Gasteiger charge is 2.26. The molecular weight excluding hydrogens is 338 g/mol. The molecule has 5 heteroatoms. The van der Waals surface area contributed by atoms with Gasteiger partial charge >= 0.3 is 0 Å². The number of nitrogens with zero attached hydrogens (tertiary/aromatic N) is 2. The molecule has 0 saturated carbocycles. The molecule has 1 saturated heterocycles. The molecule has 27 heavy (non-hydrogen) atoms. The summed E-state index contributed by atoms with van der Waals surface area (Å²) in [7, 11) is 0. The Morgan fingerprint density at radius 1 is 1.26 bits per heavy atom. The molecule has 0 unspecified atom stereocenters. The summed E-state index contributed by atoms with van der Waals surface area (Å²) in [6, 6.07) is 8.61. The number of piperidine rings is 1. The molecule has 2 aromatic rings. The van der Waals surface area contributed by atoms with Gasteiger partial charge in [-0.05, 0) is 70.8 Å². The Morgan fingerprint density at radius 3 is 2.52 bits per heavy atom. The number of aryl methyl sites for hydroxylation is 2. The van der Waals surface area contributed by atoms with Crippen molar-refractivity contribution in [3.8, 4) is 11.5 Å². The molecule has 1 aliphatic heterocycles. The fourth-order valence-electron chi connectivity index (χ4n) is 3.55. The highest BCUT2D eigenvalue weighted by atomic mass is 16.4. The Hall–Kier alpha value is -2.14. The number of carbonyl (C=O) groups excluding carboxylic acids is 1. The van der Waals surface area contributed by atoms with Crippen LogP contribution in [-0.2, 0) is 17.8 Å². The van der Waals surface area contributed by atoms with Crippen molar-refractivity contribution in [3.63, 3.8) is 0 Å². The number of rotatable bonds is 6. The fraction of sp³-hybridized carbons (Fsp3) is 0.545. The first kappa shape index (κ1) is 19.6. The van der Waals surface area contributed by atoms with E-state index in [0.29, 0.717) is 5.89 Å².